The van der Waals surface area contributed by atoms with Gasteiger partial charge in [0, 0.05) is 0 Å². The van der Waals surface area contributed by atoms with Gasteiger partial charge in [0.1, 0.15) is 12.4 Å². The van der Waals surface area contributed by atoms with Crippen molar-refractivity contribution in [2.24, 2.45) is 0 Å². The number of nitriles is 1. The molecular weight excluding hydrogens is 375 g/mol. The molecule has 1 fully saturated rings. The van der Waals surface area contributed by atoms with Gasteiger partial charge in [0.05, 0.1) is 18.2 Å². The van der Waals surface area contributed by atoms with E-state index in [-0.39, 0.29) is 18.7 Å². The second kappa shape index (κ2) is 7.23. The summed E-state index contributed by atoms with van der Waals surface area (Å²) in [6.07, 6.45) is -5.03. The molecule has 1 saturated heterocycles. The van der Waals surface area contributed by atoms with Gasteiger partial charge in [0.2, 0.25) is 5.54 Å². The summed E-state index contributed by atoms with van der Waals surface area (Å²) in [5, 5.41) is 10.7. The summed E-state index contributed by atoms with van der Waals surface area (Å²) in [6, 6.07) is 13.4. The minimum Gasteiger partial charge on any atom is -0.492 e. The van der Waals surface area contributed by atoms with Crippen molar-refractivity contribution in [3.05, 3.63) is 65.7 Å². The second-order valence-corrected chi connectivity index (χ2v) is 5.99. The number of benzene rings is 2. The zero-order valence-electron chi connectivity index (χ0n) is 14.4. The maximum absolute atomic E-state index is 13.8. The number of halogens is 3. The van der Waals surface area contributed by atoms with Crippen molar-refractivity contribution in [3.63, 3.8) is 0 Å². The highest BCUT2D eigenvalue weighted by atomic mass is 19.4. The molecule has 9 heteroatoms. The fourth-order valence-electron chi connectivity index (χ4n) is 2.93. The summed E-state index contributed by atoms with van der Waals surface area (Å²) < 4.78 is 46.9. The van der Waals surface area contributed by atoms with Gasteiger partial charge in [-0.1, -0.05) is 36.4 Å². The number of ether oxygens (including phenoxy) is 1. The van der Waals surface area contributed by atoms with E-state index in [9.17, 15) is 22.8 Å². The first-order chi connectivity index (χ1) is 13.3. The Kier molecular flexibility index (Phi) is 4.96. The van der Waals surface area contributed by atoms with Crippen LogP contribution in [0.1, 0.15) is 11.1 Å². The lowest BCUT2D eigenvalue weighted by Gasteiger charge is -2.29. The van der Waals surface area contributed by atoms with Gasteiger partial charge < -0.3 is 10.1 Å². The Morgan fingerprint density at radius 3 is 2.46 bits per heavy atom. The van der Waals surface area contributed by atoms with Crippen LogP contribution >= 0.6 is 0 Å². The number of carbonyl (C=O) groups excluding carboxylic acids is 2. The van der Waals surface area contributed by atoms with Crippen molar-refractivity contribution in [3.8, 4) is 11.8 Å². The lowest BCUT2D eigenvalue weighted by molar-refractivity contribution is -0.198. The third kappa shape index (κ3) is 3.24. The largest absolute Gasteiger partial charge is 0.492 e. The number of urea groups is 1. The molecule has 3 rings (SSSR count). The normalized spacial score (nSPS) is 19.3. The Morgan fingerprint density at radius 2 is 1.82 bits per heavy atom. The predicted octanol–water partition coefficient (Wildman–Crippen LogP) is 2.95. The quantitative estimate of drug-likeness (QED) is 0.797. The van der Waals surface area contributed by atoms with E-state index < -0.39 is 23.7 Å². The third-order valence-electron chi connectivity index (χ3n) is 4.28. The molecule has 1 unspecified atom stereocenters. The van der Waals surface area contributed by atoms with Crippen LogP contribution < -0.4 is 10.1 Å². The highest BCUT2D eigenvalue weighted by molar-refractivity contribution is 6.08. The second-order valence-electron chi connectivity index (χ2n) is 5.99. The van der Waals surface area contributed by atoms with Gasteiger partial charge in [-0.25, -0.2) is 4.79 Å². The smallest absolute Gasteiger partial charge is 0.425 e. The van der Waals surface area contributed by atoms with Gasteiger partial charge in [0.25, 0.3) is 5.91 Å². The monoisotopic (exact) mass is 389 g/mol. The molecule has 144 valence electrons. The molecule has 28 heavy (non-hydrogen) atoms. The zero-order valence-corrected chi connectivity index (χ0v) is 14.4. The van der Waals surface area contributed by atoms with Crippen molar-refractivity contribution < 1.29 is 27.5 Å². The summed E-state index contributed by atoms with van der Waals surface area (Å²) in [4.78, 5) is 25.3. The Bertz CT molecular complexity index is 941. The molecule has 0 radical (unpaired) electrons. The van der Waals surface area contributed by atoms with Gasteiger partial charge >= 0.3 is 12.2 Å². The molecule has 0 bridgehead atoms. The standard InChI is InChI=1S/C19H14F3N3O3/c20-19(21,22)18(14-6-2-1-3-7-14)16(26)25(17(27)24-18)9-10-28-15-8-4-5-13(11-15)12-23/h1-8,11H,9-10H2,(H,24,27). The Hall–Kier alpha value is -3.54. The topological polar surface area (TPSA) is 82.4 Å². The average molecular weight is 389 g/mol. The van der Waals surface area contributed by atoms with Crippen molar-refractivity contribution in [1.29, 1.82) is 5.26 Å². The Balaban J connectivity index is 1.79. The zero-order chi connectivity index (χ0) is 20.4. The molecule has 2 aromatic carbocycles. The molecule has 3 amide bonds. The Morgan fingerprint density at radius 1 is 1.11 bits per heavy atom. The fourth-order valence-corrected chi connectivity index (χ4v) is 2.93. The molecule has 0 aromatic heterocycles. The first-order valence-corrected chi connectivity index (χ1v) is 8.19. The number of hydrogen-bond acceptors (Lipinski definition) is 4. The van der Waals surface area contributed by atoms with Gasteiger partial charge in [-0.2, -0.15) is 18.4 Å². The number of nitrogens with zero attached hydrogens (tertiary/aromatic N) is 2. The van der Waals surface area contributed by atoms with Gasteiger partial charge in [-0.05, 0) is 23.8 Å². The van der Waals surface area contributed by atoms with E-state index in [1.807, 2.05) is 6.07 Å². The van der Waals surface area contributed by atoms with E-state index in [0.29, 0.717) is 16.2 Å². The van der Waals surface area contributed by atoms with Gasteiger partial charge in [-0.15, -0.1) is 0 Å². The highest BCUT2D eigenvalue weighted by Crippen LogP contribution is 2.43. The van der Waals surface area contributed by atoms with E-state index in [1.165, 1.54) is 24.3 Å². The van der Waals surface area contributed by atoms with Crippen molar-refractivity contribution in [2.75, 3.05) is 13.2 Å². The molecule has 0 aliphatic carbocycles. The molecule has 2 aromatic rings. The van der Waals surface area contributed by atoms with E-state index in [4.69, 9.17) is 10.00 Å². The maximum Gasteiger partial charge on any atom is 0.425 e. The lowest BCUT2D eigenvalue weighted by atomic mass is 9.89. The fraction of sp³-hybridized carbons (Fsp3) is 0.211. The number of rotatable bonds is 5. The van der Waals surface area contributed by atoms with Gasteiger partial charge in [-0.3, -0.25) is 9.69 Å². The number of imide groups is 1. The van der Waals surface area contributed by atoms with Crippen LogP contribution in [0.2, 0.25) is 0 Å². The van der Waals surface area contributed by atoms with Crippen LogP contribution in [-0.2, 0) is 10.3 Å². The first kappa shape index (κ1) is 19.2. The molecule has 1 N–H and O–H groups in total. The molecule has 1 atom stereocenters. The lowest BCUT2D eigenvalue weighted by Crippen LogP contribution is -2.55. The van der Waals surface area contributed by atoms with Crippen LogP contribution in [0.15, 0.2) is 54.6 Å². The van der Waals surface area contributed by atoms with E-state index in [0.717, 1.165) is 12.1 Å². The molecule has 0 spiro atoms. The predicted molar refractivity (Wildman–Crippen MR) is 91.1 cm³/mol. The van der Waals surface area contributed by atoms with Crippen LogP contribution in [0.3, 0.4) is 0 Å². The molecule has 6 nitrogen and oxygen atoms in total. The van der Waals surface area contributed by atoms with Crippen LogP contribution in [0.25, 0.3) is 0 Å². The van der Waals surface area contributed by atoms with Crippen LogP contribution in [-0.4, -0.2) is 36.2 Å². The summed E-state index contributed by atoms with van der Waals surface area (Å²) in [5.74, 6) is -1.11. The van der Waals surface area contributed by atoms with Crippen LogP contribution in [0, 0.1) is 11.3 Å². The van der Waals surface area contributed by atoms with E-state index in [2.05, 4.69) is 0 Å². The van der Waals surface area contributed by atoms with Crippen LogP contribution in [0.5, 0.6) is 5.75 Å². The Labute approximate surface area is 158 Å². The summed E-state index contributed by atoms with van der Waals surface area (Å²) in [5.41, 5.74) is -3.16. The average Bonchev–Trinajstić information content (AvgIpc) is 2.94. The maximum atomic E-state index is 13.8. The summed E-state index contributed by atoms with van der Waals surface area (Å²) >= 11 is 0. The number of amides is 3. The minimum absolute atomic E-state index is 0.225. The SMILES string of the molecule is N#Cc1cccc(OCCN2C(=O)NC(c3ccccc3)(C(F)(F)F)C2=O)c1. The molecular formula is C19H14F3N3O3. The van der Waals surface area contributed by atoms with Crippen molar-refractivity contribution >= 4 is 11.9 Å². The van der Waals surface area contributed by atoms with Gasteiger partial charge in [0.15, 0.2) is 0 Å². The van der Waals surface area contributed by atoms with Crippen molar-refractivity contribution in [1.82, 2.24) is 10.2 Å². The molecule has 1 aliphatic rings. The highest BCUT2D eigenvalue weighted by Gasteiger charge is 2.68. The number of hydrogen-bond donors (Lipinski definition) is 1. The number of nitrogens with one attached hydrogen (secondary N) is 1. The van der Waals surface area contributed by atoms with Crippen LogP contribution in [0.4, 0.5) is 18.0 Å². The molecule has 0 saturated carbocycles. The van der Waals surface area contributed by atoms with Crippen molar-refractivity contribution in [2.45, 2.75) is 11.7 Å². The molecule has 1 aliphatic heterocycles. The molecule has 1 heterocycles. The number of carbonyl (C=O) groups is 2. The first-order valence-electron chi connectivity index (χ1n) is 8.19. The van der Waals surface area contributed by atoms with E-state index in [1.54, 1.807) is 23.5 Å². The van der Waals surface area contributed by atoms with E-state index >= 15 is 0 Å². The summed E-state index contributed by atoms with van der Waals surface area (Å²) in [6.45, 7) is -0.608. The summed E-state index contributed by atoms with van der Waals surface area (Å²) in [7, 11) is 0. The number of alkyl halides is 3. The minimum atomic E-state index is -5.03. The third-order valence-corrected chi connectivity index (χ3v) is 4.28.